The van der Waals surface area contributed by atoms with E-state index >= 15 is 0 Å². The molecule has 0 saturated carbocycles. The van der Waals surface area contributed by atoms with Crippen LogP contribution in [-0.2, 0) is 10.2 Å². The normalized spacial score (nSPS) is 12.0. The summed E-state index contributed by atoms with van der Waals surface area (Å²) in [5.74, 6) is 0.689. The predicted octanol–water partition coefficient (Wildman–Crippen LogP) is 2.89. The number of aromatic amines is 1. The lowest BCUT2D eigenvalue weighted by atomic mass is 9.87. The van der Waals surface area contributed by atoms with Gasteiger partial charge in [-0.15, -0.1) is 0 Å². The first-order valence-electron chi connectivity index (χ1n) is 6.12. The van der Waals surface area contributed by atoms with Crippen LogP contribution in [0.4, 0.5) is 0 Å². The monoisotopic (exact) mass is 248 g/mol. The summed E-state index contributed by atoms with van der Waals surface area (Å²) in [6, 6.07) is 4.16. The molecular weight excluding hydrogens is 228 g/mol. The van der Waals surface area contributed by atoms with Crippen LogP contribution in [0.25, 0.3) is 11.0 Å². The lowest BCUT2D eigenvalue weighted by molar-refractivity contribution is 0.142. The van der Waals surface area contributed by atoms with E-state index in [2.05, 4.69) is 36.8 Å². The zero-order valence-corrected chi connectivity index (χ0v) is 11.4. The molecular formula is C14H20N2O2. The Bertz CT molecular complexity index is 526. The van der Waals surface area contributed by atoms with Crippen molar-refractivity contribution in [2.24, 2.45) is 0 Å². The van der Waals surface area contributed by atoms with Gasteiger partial charge in [-0.25, -0.2) is 0 Å². The number of rotatable bonds is 4. The van der Waals surface area contributed by atoms with E-state index in [-0.39, 0.29) is 5.41 Å². The summed E-state index contributed by atoms with van der Waals surface area (Å²) in [4.78, 5) is 7.65. The van der Waals surface area contributed by atoms with Crippen molar-refractivity contribution < 1.29 is 9.47 Å². The molecule has 0 saturated heterocycles. The molecule has 0 unspecified atom stereocenters. The van der Waals surface area contributed by atoms with E-state index in [4.69, 9.17) is 9.47 Å². The minimum Gasteiger partial charge on any atom is -0.475 e. The standard InChI is InChI=1S/C14H20N2O2/c1-14(2,3)11-9-10-5-6-15-12(10)16-13(11)18-8-7-17-4/h5-6,9H,7-8H2,1-4H3,(H,15,16). The van der Waals surface area contributed by atoms with E-state index in [1.807, 2.05) is 12.3 Å². The second-order valence-corrected chi connectivity index (χ2v) is 5.35. The second-order valence-electron chi connectivity index (χ2n) is 5.35. The fraction of sp³-hybridized carbons (Fsp3) is 0.500. The molecule has 2 rings (SSSR count). The third-order valence-corrected chi connectivity index (χ3v) is 2.83. The van der Waals surface area contributed by atoms with E-state index in [0.29, 0.717) is 19.1 Å². The summed E-state index contributed by atoms with van der Waals surface area (Å²) in [7, 11) is 1.66. The van der Waals surface area contributed by atoms with Crippen molar-refractivity contribution in [2.75, 3.05) is 20.3 Å². The van der Waals surface area contributed by atoms with E-state index in [0.717, 1.165) is 16.6 Å². The maximum Gasteiger partial charge on any atom is 0.219 e. The number of fused-ring (bicyclic) bond motifs is 1. The molecule has 0 fully saturated rings. The Kier molecular flexibility index (Phi) is 3.57. The summed E-state index contributed by atoms with van der Waals surface area (Å²) >= 11 is 0. The minimum atomic E-state index is 0.000858. The number of nitrogens with one attached hydrogen (secondary N) is 1. The first-order valence-corrected chi connectivity index (χ1v) is 6.12. The molecule has 0 aliphatic carbocycles. The van der Waals surface area contributed by atoms with Gasteiger partial charge in [0.25, 0.3) is 0 Å². The highest BCUT2D eigenvalue weighted by atomic mass is 16.5. The number of aromatic nitrogens is 2. The van der Waals surface area contributed by atoms with E-state index in [1.54, 1.807) is 7.11 Å². The van der Waals surface area contributed by atoms with Crippen LogP contribution < -0.4 is 4.74 Å². The number of hydrogen-bond acceptors (Lipinski definition) is 3. The number of H-pyrrole nitrogens is 1. The Morgan fingerprint density at radius 3 is 2.72 bits per heavy atom. The Balaban J connectivity index is 2.39. The molecule has 0 spiro atoms. The highest BCUT2D eigenvalue weighted by molar-refractivity contribution is 5.77. The fourth-order valence-corrected chi connectivity index (χ4v) is 1.83. The highest BCUT2D eigenvalue weighted by Crippen LogP contribution is 2.32. The van der Waals surface area contributed by atoms with Crippen molar-refractivity contribution in [1.29, 1.82) is 0 Å². The summed E-state index contributed by atoms with van der Waals surface area (Å²) in [6.45, 7) is 7.55. The third kappa shape index (κ3) is 2.64. The average molecular weight is 248 g/mol. The van der Waals surface area contributed by atoms with Crippen LogP contribution in [0.3, 0.4) is 0 Å². The molecule has 0 atom stereocenters. The first kappa shape index (κ1) is 12.9. The van der Waals surface area contributed by atoms with E-state index < -0.39 is 0 Å². The number of methoxy groups -OCH3 is 1. The van der Waals surface area contributed by atoms with Gasteiger partial charge in [-0.1, -0.05) is 20.8 Å². The molecule has 0 radical (unpaired) electrons. The fourth-order valence-electron chi connectivity index (χ4n) is 1.83. The van der Waals surface area contributed by atoms with Gasteiger partial charge in [-0.05, 0) is 17.5 Å². The van der Waals surface area contributed by atoms with Crippen LogP contribution in [0, 0.1) is 0 Å². The molecule has 2 aromatic heterocycles. The molecule has 0 bridgehead atoms. The van der Waals surface area contributed by atoms with Crippen LogP contribution in [0.15, 0.2) is 18.3 Å². The number of pyridine rings is 1. The van der Waals surface area contributed by atoms with Crippen LogP contribution >= 0.6 is 0 Å². The van der Waals surface area contributed by atoms with E-state index in [9.17, 15) is 0 Å². The Hall–Kier alpha value is -1.55. The largest absolute Gasteiger partial charge is 0.475 e. The summed E-state index contributed by atoms with van der Waals surface area (Å²) in [5.41, 5.74) is 1.97. The number of hydrogen-bond donors (Lipinski definition) is 1. The van der Waals surface area contributed by atoms with Gasteiger partial charge in [0.2, 0.25) is 5.88 Å². The molecule has 18 heavy (non-hydrogen) atoms. The van der Waals surface area contributed by atoms with E-state index in [1.165, 1.54) is 0 Å². The van der Waals surface area contributed by atoms with Gasteiger partial charge in [0.1, 0.15) is 12.3 Å². The Labute approximate surface area is 107 Å². The summed E-state index contributed by atoms with van der Waals surface area (Å²) < 4.78 is 10.7. The van der Waals surface area contributed by atoms with Crippen molar-refractivity contribution in [1.82, 2.24) is 9.97 Å². The maximum absolute atomic E-state index is 5.73. The van der Waals surface area contributed by atoms with Crippen LogP contribution in [0.1, 0.15) is 26.3 Å². The lowest BCUT2D eigenvalue weighted by Gasteiger charge is -2.22. The van der Waals surface area contributed by atoms with Crippen LogP contribution in [0.5, 0.6) is 5.88 Å². The van der Waals surface area contributed by atoms with Crippen molar-refractivity contribution in [3.63, 3.8) is 0 Å². The molecule has 98 valence electrons. The van der Waals surface area contributed by atoms with Crippen molar-refractivity contribution in [2.45, 2.75) is 26.2 Å². The van der Waals surface area contributed by atoms with Gasteiger partial charge in [-0.3, -0.25) is 0 Å². The molecule has 2 aromatic rings. The third-order valence-electron chi connectivity index (χ3n) is 2.83. The van der Waals surface area contributed by atoms with Gasteiger partial charge in [0.05, 0.1) is 6.61 Å². The van der Waals surface area contributed by atoms with Crippen LogP contribution in [0.2, 0.25) is 0 Å². The zero-order chi connectivity index (χ0) is 13.2. The topological polar surface area (TPSA) is 47.1 Å². The van der Waals surface area contributed by atoms with Crippen molar-refractivity contribution >= 4 is 11.0 Å². The molecule has 4 heteroatoms. The molecule has 4 nitrogen and oxygen atoms in total. The maximum atomic E-state index is 5.73. The van der Waals surface area contributed by atoms with Gasteiger partial charge in [0, 0.05) is 24.3 Å². The zero-order valence-electron chi connectivity index (χ0n) is 11.4. The predicted molar refractivity (Wildman–Crippen MR) is 72.2 cm³/mol. The van der Waals surface area contributed by atoms with Gasteiger partial charge >= 0.3 is 0 Å². The molecule has 1 N–H and O–H groups in total. The second kappa shape index (κ2) is 4.98. The van der Waals surface area contributed by atoms with Gasteiger partial charge in [0.15, 0.2) is 0 Å². The SMILES string of the molecule is COCCOc1nc2[nH]ccc2cc1C(C)(C)C. The molecule has 0 aromatic carbocycles. The molecule has 2 heterocycles. The highest BCUT2D eigenvalue weighted by Gasteiger charge is 2.21. The summed E-state index contributed by atoms with van der Waals surface area (Å²) in [5, 5.41) is 1.11. The Morgan fingerprint density at radius 2 is 2.06 bits per heavy atom. The minimum absolute atomic E-state index is 0.000858. The smallest absolute Gasteiger partial charge is 0.219 e. The van der Waals surface area contributed by atoms with Gasteiger partial charge < -0.3 is 14.5 Å². The quantitative estimate of drug-likeness (QED) is 0.846. The summed E-state index contributed by atoms with van der Waals surface area (Å²) in [6.07, 6.45) is 1.89. The average Bonchev–Trinajstić information content (AvgIpc) is 2.74. The van der Waals surface area contributed by atoms with Crippen molar-refractivity contribution in [3.8, 4) is 5.88 Å². The Morgan fingerprint density at radius 1 is 1.28 bits per heavy atom. The molecule has 0 amide bonds. The molecule has 0 aliphatic heterocycles. The van der Waals surface area contributed by atoms with Crippen LogP contribution in [-0.4, -0.2) is 30.3 Å². The molecule has 0 aliphatic rings. The lowest BCUT2D eigenvalue weighted by Crippen LogP contribution is -2.16. The number of nitrogens with zero attached hydrogens (tertiary/aromatic N) is 1. The number of ether oxygens (including phenoxy) is 2. The van der Waals surface area contributed by atoms with Gasteiger partial charge in [-0.2, -0.15) is 4.98 Å². The first-order chi connectivity index (χ1) is 8.52. The van der Waals surface area contributed by atoms with Crippen molar-refractivity contribution in [3.05, 3.63) is 23.9 Å².